The van der Waals surface area contributed by atoms with Crippen LogP contribution in [0.2, 0.25) is 0 Å². The third-order valence-electron chi connectivity index (χ3n) is 4.47. The van der Waals surface area contributed by atoms with Gasteiger partial charge in [0.15, 0.2) is 17.2 Å². The van der Waals surface area contributed by atoms with Crippen LogP contribution in [0.1, 0.15) is 20.8 Å². The van der Waals surface area contributed by atoms with Crippen LogP contribution in [0, 0.1) is 0 Å². The number of aromatic carboxylic acids is 1. The number of methoxy groups -OCH3 is 1. The number of aromatic nitrogens is 4. The van der Waals surface area contributed by atoms with E-state index in [1.807, 2.05) is 0 Å². The van der Waals surface area contributed by atoms with Gasteiger partial charge in [-0.2, -0.15) is 0 Å². The van der Waals surface area contributed by atoms with Gasteiger partial charge in [-0.15, -0.1) is 0 Å². The van der Waals surface area contributed by atoms with Crippen molar-refractivity contribution < 1.29 is 19.4 Å². The van der Waals surface area contributed by atoms with Crippen molar-refractivity contribution in [1.82, 2.24) is 19.5 Å². The third-order valence-corrected chi connectivity index (χ3v) is 4.47. The van der Waals surface area contributed by atoms with E-state index in [1.54, 1.807) is 36.4 Å². The number of carboxylic acids is 1. The summed E-state index contributed by atoms with van der Waals surface area (Å²) in [4.78, 5) is 47.0. The van der Waals surface area contributed by atoms with Gasteiger partial charge < -0.3 is 20.6 Å². The smallest absolute Gasteiger partial charge is 0.356 e. The van der Waals surface area contributed by atoms with E-state index in [-0.39, 0.29) is 28.2 Å². The first-order valence-electron chi connectivity index (χ1n) is 8.70. The van der Waals surface area contributed by atoms with Crippen LogP contribution in [0.15, 0.2) is 53.3 Å². The average molecular weight is 405 g/mol. The van der Waals surface area contributed by atoms with E-state index in [0.29, 0.717) is 17.0 Å². The number of hydrogen-bond donors (Lipinski definition) is 3. The molecule has 0 aliphatic carbocycles. The van der Waals surface area contributed by atoms with Crippen molar-refractivity contribution in [3.63, 3.8) is 0 Å². The molecule has 0 saturated carbocycles. The average Bonchev–Trinajstić information content (AvgIpc) is 3.08. The summed E-state index contributed by atoms with van der Waals surface area (Å²) in [5.41, 5.74) is 5.32. The second-order valence-electron chi connectivity index (χ2n) is 6.28. The standard InChI is InChI=1S/C20H15N5O5/c1-30-13-8-3-2-7-12(13)25-18-14(23-20(25)29)15(19(27)28)22-17(24-18)11-6-4-5-10(9-11)16(21)26/h2-9H,1H3,(H2,21,26)(H,23,29)(H,27,28). The normalized spacial score (nSPS) is 10.8. The highest BCUT2D eigenvalue weighted by Crippen LogP contribution is 2.26. The Hall–Kier alpha value is -4.47. The van der Waals surface area contributed by atoms with Gasteiger partial charge in [0.25, 0.3) is 0 Å². The molecule has 2 aromatic carbocycles. The molecule has 150 valence electrons. The maximum atomic E-state index is 12.7. The number of H-pyrrole nitrogens is 1. The number of benzene rings is 2. The number of fused-ring (bicyclic) bond motifs is 1. The summed E-state index contributed by atoms with van der Waals surface area (Å²) < 4.78 is 6.54. The van der Waals surface area contributed by atoms with Crippen LogP contribution in [0.4, 0.5) is 0 Å². The molecule has 0 unspecified atom stereocenters. The Morgan fingerprint density at radius 3 is 2.60 bits per heavy atom. The number of rotatable bonds is 5. The molecule has 4 N–H and O–H groups in total. The molecule has 2 heterocycles. The number of amides is 1. The topological polar surface area (TPSA) is 153 Å². The number of carboxylic acid groups (broad SMARTS) is 1. The van der Waals surface area contributed by atoms with Crippen molar-refractivity contribution in [3.05, 3.63) is 70.3 Å². The highest BCUT2D eigenvalue weighted by Gasteiger charge is 2.22. The summed E-state index contributed by atoms with van der Waals surface area (Å²) in [5, 5.41) is 9.65. The molecule has 0 bridgehead atoms. The van der Waals surface area contributed by atoms with Gasteiger partial charge >= 0.3 is 11.7 Å². The molecule has 10 heteroatoms. The van der Waals surface area contributed by atoms with E-state index >= 15 is 0 Å². The molecule has 2 aromatic heterocycles. The van der Waals surface area contributed by atoms with Crippen molar-refractivity contribution in [1.29, 1.82) is 0 Å². The van der Waals surface area contributed by atoms with E-state index in [9.17, 15) is 19.5 Å². The number of hydrogen-bond acceptors (Lipinski definition) is 6. The van der Waals surface area contributed by atoms with Crippen LogP contribution in [0.5, 0.6) is 5.75 Å². The van der Waals surface area contributed by atoms with Crippen molar-refractivity contribution in [2.75, 3.05) is 7.11 Å². The zero-order valence-corrected chi connectivity index (χ0v) is 15.6. The van der Waals surface area contributed by atoms with Crippen LogP contribution in [0.3, 0.4) is 0 Å². The number of nitrogens with one attached hydrogen (secondary N) is 1. The minimum atomic E-state index is -1.34. The number of nitrogens with zero attached hydrogens (tertiary/aromatic N) is 3. The molecular weight excluding hydrogens is 390 g/mol. The quantitative estimate of drug-likeness (QED) is 0.455. The van der Waals surface area contributed by atoms with Crippen LogP contribution in [-0.4, -0.2) is 43.6 Å². The minimum absolute atomic E-state index is 0.0191. The minimum Gasteiger partial charge on any atom is -0.495 e. The van der Waals surface area contributed by atoms with Crippen molar-refractivity contribution in [2.24, 2.45) is 5.73 Å². The number of imidazole rings is 1. The lowest BCUT2D eigenvalue weighted by Gasteiger charge is -2.10. The molecule has 0 spiro atoms. The summed E-state index contributed by atoms with van der Waals surface area (Å²) in [6.07, 6.45) is 0. The zero-order valence-electron chi connectivity index (χ0n) is 15.6. The van der Waals surface area contributed by atoms with Gasteiger partial charge in [0.2, 0.25) is 5.91 Å². The molecule has 0 aliphatic rings. The van der Waals surface area contributed by atoms with E-state index in [4.69, 9.17) is 10.5 Å². The Bertz CT molecular complexity index is 1370. The van der Waals surface area contributed by atoms with Gasteiger partial charge in [-0.1, -0.05) is 24.3 Å². The molecule has 0 aliphatic heterocycles. The molecule has 1 amide bonds. The molecule has 0 fully saturated rings. The first kappa shape index (κ1) is 18.9. The Morgan fingerprint density at radius 1 is 1.13 bits per heavy atom. The molecule has 0 radical (unpaired) electrons. The second kappa shape index (κ2) is 7.17. The van der Waals surface area contributed by atoms with Crippen molar-refractivity contribution in [2.45, 2.75) is 0 Å². The van der Waals surface area contributed by atoms with E-state index in [2.05, 4.69) is 15.0 Å². The molecule has 30 heavy (non-hydrogen) atoms. The Kier molecular flexibility index (Phi) is 4.51. The molecule has 4 aromatic rings. The maximum Gasteiger partial charge on any atom is 0.356 e. The van der Waals surface area contributed by atoms with Crippen molar-refractivity contribution in [3.8, 4) is 22.8 Å². The predicted octanol–water partition coefficient (Wildman–Crippen LogP) is 1.58. The summed E-state index contributed by atoms with van der Waals surface area (Å²) in [7, 11) is 1.46. The molecule has 0 atom stereocenters. The fourth-order valence-corrected chi connectivity index (χ4v) is 3.12. The van der Waals surface area contributed by atoms with Crippen LogP contribution in [0.25, 0.3) is 28.2 Å². The number of primary amides is 1. The monoisotopic (exact) mass is 405 g/mol. The number of nitrogens with two attached hydrogens (primary N) is 1. The fraction of sp³-hybridized carbons (Fsp3) is 0.0500. The van der Waals surface area contributed by atoms with Gasteiger partial charge in [-0.25, -0.2) is 24.1 Å². The van der Waals surface area contributed by atoms with Gasteiger partial charge in [-0.3, -0.25) is 4.79 Å². The SMILES string of the molecule is COc1ccccc1-n1c(=O)[nH]c2c(C(=O)O)nc(-c3cccc(C(N)=O)c3)nc21. The highest BCUT2D eigenvalue weighted by atomic mass is 16.5. The lowest BCUT2D eigenvalue weighted by atomic mass is 10.1. The number of aromatic amines is 1. The largest absolute Gasteiger partial charge is 0.495 e. The number of ether oxygens (including phenoxy) is 1. The molecule has 0 saturated heterocycles. The zero-order chi connectivity index (χ0) is 21.4. The first-order chi connectivity index (χ1) is 14.4. The van der Waals surface area contributed by atoms with Crippen LogP contribution in [-0.2, 0) is 0 Å². The maximum absolute atomic E-state index is 12.7. The van der Waals surface area contributed by atoms with E-state index in [1.165, 1.54) is 23.8 Å². The van der Waals surface area contributed by atoms with E-state index < -0.39 is 17.6 Å². The molecule has 10 nitrogen and oxygen atoms in total. The van der Waals surface area contributed by atoms with Gasteiger partial charge in [-0.05, 0) is 24.3 Å². The van der Waals surface area contributed by atoms with Gasteiger partial charge in [0.05, 0.1) is 12.8 Å². The summed E-state index contributed by atoms with van der Waals surface area (Å²) in [6.45, 7) is 0. The number of carbonyl (C=O) groups is 2. The highest BCUT2D eigenvalue weighted by molar-refractivity contribution is 5.99. The number of carbonyl (C=O) groups excluding carboxylic acids is 1. The Balaban J connectivity index is 2.06. The predicted molar refractivity (Wildman–Crippen MR) is 107 cm³/mol. The Labute approximate surface area is 168 Å². The fourth-order valence-electron chi connectivity index (χ4n) is 3.12. The lowest BCUT2D eigenvalue weighted by Crippen LogP contribution is -2.15. The summed E-state index contributed by atoms with van der Waals surface area (Å²) in [6, 6.07) is 12.9. The Morgan fingerprint density at radius 2 is 1.90 bits per heavy atom. The van der Waals surface area contributed by atoms with Crippen molar-refractivity contribution >= 4 is 23.0 Å². The van der Waals surface area contributed by atoms with Gasteiger partial charge in [0.1, 0.15) is 11.3 Å². The number of para-hydroxylation sites is 2. The molecular formula is C20H15N5O5. The summed E-state index contributed by atoms with van der Waals surface area (Å²) in [5.74, 6) is -1.58. The van der Waals surface area contributed by atoms with Crippen LogP contribution >= 0.6 is 0 Å². The van der Waals surface area contributed by atoms with Crippen LogP contribution < -0.4 is 16.2 Å². The van der Waals surface area contributed by atoms with Gasteiger partial charge in [0, 0.05) is 11.1 Å². The molecule has 4 rings (SSSR count). The first-order valence-corrected chi connectivity index (χ1v) is 8.70. The lowest BCUT2D eigenvalue weighted by molar-refractivity contribution is 0.0692. The second-order valence-corrected chi connectivity index (χ2v) is 6.28. The van der Waals surface area contributed by atoms with E-state index in [0.717, 1.165) is 0 Å². The summed E-state index contributed by atoms with van der Waals surface area (Å²) >= 11 is 0. The third kappa shape index (κ3) is 3.05.